The van der Waals surface area contributed by atoms with Crippen molar-refractivity contribution >= 4 is 24.2 Å². The summed E-state index contributed by atoms with van der Waals surface area (Å²) in [6.45, 7) is 11.2. The van der Waals surface area contributed by atoms with Crippen LogP contribution in [-0.2, 0) is 0 Å². The monoisotopic (exact) mass is 369 g/mol. The summed E-state index contributed by atoms with van der Waals surface area (Å²) in [5, 5.41) is 5.92. The van der Waals surface area contributed by atoms with Crippen LogP contribution in [0.4, 0.5) is 0 Å². The Hall–Kier alpha value is -1.59. The van der Waals surface area contributed by atoms with E-state index in [0.29, 0.717) is 24.2 Å². The maximum absolute atomic E-state index is 12.4. The van der Waals surface area contributed by atoms with Gasteiger partial charge in [-0.2, -0.15) is 0 Å². The Morgan fingerprint density at radius 1 is 0.960 bits per heavy atom. The van der Waals surface area contributed by atoms with Crippen molar-refractivity contribution in [2.24, 2.45) is 11.1 Å². The van der Waals surface area contributed by atoms with Crippen LogP contribution >= 0.6 is 12.4 Å². The molecule has 5 nitrogen and oxygen atoms in total. The number of hydrogen-bond acceptors (Lipinski definition) is 3. The third-order valence-corrected chi connectivity index (χ3v) is 4.31. The average molecular weight is 370 g/mol. The zero-order chi connectivity index (χ0) is 18.4. The molecule has 25 heavy (non-hydrogen) atoms. The molecule has 1 aromatic rings. The summed E-state index contributed by atoms with van der Waals surface area (Å²) in [6.07, 6.45) is 1.55. The van der Waals surface area contributed by atoms with Gasteiger partial charge in [-0.15, -0.1) is 12.4 Å². The fourth-order valence-corrected chi connectivity index (χ4v) is 2.30. The lowest BCUT2D eigenvalue weighted by atomic mass is 9.92. The van der Waals surface area contributed by atoms with E-state index in [9.17, 15) is 9.59 Å². The van der Waals surface area contributed by atoms with E-state index in [4.69, 9.17) is 5.73 Å². The fourth-order valence-electron chi connectivity index (χ4n) is 2.30. The molecule has 1 aromatic carbocycles. The van der Waals surface area contributed by atoms with Gasteiger partial charge in [-0.3, -0.25) is 9.59 Å². The Labute approximate surface area is 157 Å². The molecular weight excluding hydrogens is 338 g/mol. The van der Waals surface area contributed by atoms with E-state index in [1.807, 2.05) is 13.8 Å². The Bertz CT molecular complexity index is 553. The van der Waals surface area contributed by atoms with Crippen LogP contribution in [-0.4, -0.2) is 30.4 Å². The fraction of sp³-hybridized carbons (Fsp3) is 0.579. The second kappa shape index (κ2) is 9.78. The summed E-state index contributed by atoms with van der Waals surface area (Å²) in [4.78, 5) is 24.5. The van der Waals surface area contributed by atoms with Gasteiger partial charge in [0, 0.05) is 24.2 Å². The summed E-state index contributed by atoms with van der Waals surface area (Å²) in [7, 11) is 0. The Kier molecular flexibility index (Phi) is 9.16. The van der Waals surface area contributed by atoms with E-state index in [1.165, 1.54) is 0 Å². The van der Waals surface area contributed by atoms with Crippen LogP contribution in [0.1, 0.15) is 68.2 Å². The van der Waals surface area contributed by atoms with Crippen molar-refractivity contribution in [1.82, 2.24) is 10.6 Å². The molecule has 4 N–H and O–H groups in total. The number of nitrogens with one attached hydrogen (secondary N) is 2. The maximum atomic E-state index is 12.4. The van der Waals surface area contributed by atoms with Crippen LogP contribution in [0.2, 0.25) is 0 Å². The predicted octanol–water partition coefficient (Wildman–Crippen LogP) is 3.13. The first-order chi connectivity index (χ1) is 11.2. The number of carbonyl (C=O) groups is 2. The van der Waals surface area contributed by atoms with Crippen LogP contribution in [0.15, 0.2) is 24.3 Å². The molecule has 0 heterocycles. The summed E-state index contributed by atoms with van der Waals surface area (Å²) in [5.41, 5.74) is 6.55. The van der Waals surface area contributed by atoms with Crippen LogP contribution < -0.4 is 16.4 Å². The molecule has 0 bridgehead atoms. The third kappa shape index (κ3) is 7.04. The van der Waals surface area contributed by atoms with E-state index in [0.717, 1.165) is 12.8 Å². The normalized spacial score (nSPS) is 11.4. The number of nitrogens with two attached hydrogens (primary N) is 1. The maximum Gasteiger partial charge on any atom is 0.251 e. The minimum atomic E-state index is -0.375. The lowest BCUT2D eigenvalue weighted by Gasteiger charge is -2.31. The van der Waals surface area contributed by atoms with Crippen molar-refractivity contribution in [3.8, 4) is 0 Å². The Balaban J connectivity index is 0.00000576. The SMILES string of the molecule is CCC(CC)(CN)NC(=O)c1ccc(C(=O)NCC(C)(C)C)cc1.Cl. The van der Waals surface area contributed by atoms with Crippen LogP contribution in [0.5, 0.6) is 0 Å². The molecule has 2 amide bonds. The molecule has 1 rings (SSSR count). The smallest absolute Gasteiger partial charge is 0.251 e. The highest BCUT2D eigenvalue weighted by atomic mass is 35.5. The second-order valence-corrected chi connectivity index (χ2v) is 7.47. The molecule has 0 radical (unpaired) electrons. The summed E-state index contributed by atoms with van der Waals surface area (Å²) < 4.78 is 0. The lowest BCUT2D eigenvalue weighted by Crippen LogP contribution is -2.52. The van der Waals surface area contributed by atoms with Gasteiger partial charge in [0.15, 0.2) is 0 Å². The van der Waals surface area contributed by atoms with Gasteiger partial charge in [-0.1, -0.05) is 34.6 Å². The highest BCUT2D eigenvalue weighted by molar-refractivity contribution is 5.98. The topological polar surface area (TPSA) is 84.2 Å². The van der Waals surface area contributed by atoms with Gasteiger partial charge < -0.3 is 16.4 Å². The number of benzene rings is 1. The minimum Gasteiger partial charge on any atom is -0.352 e. The molecule has 0 aliphatic carbocycles. The molecule has 0 aliphatic rings. The number of halogens is 1. The van der Waals surface area contributed by atoms with E-state index >= 15 is 0 Å². The van der Waals surface area contributed by atoms with Crippen molar-refractivity contribution in [3.63, 3.8) is 0 Å². The minimum absolute atomic E-state index is 0. The van der Waals surface area contributed by atoms with Crippen molar-refractivity contribution in [2.45, 2.75) is 53.0 Å². The molecule has 0 saturated heterocycles. The largest absolute Gasteiger partial charge is 0.352 e. The molecule has 0 saturated carbocycles. The van der Waals surface area contributed by atoms with Gasteiger partial charge in [0.2, 0.25) is 0 Å². The van der Waals surface area contributed by atoms with Crippen LogP contribution in [0.25, 0.3) is 0 Å². The van der Waals surface area contributed by atoms with Gasteiger partial charge in [0.05, 0.1) is 5.54 Å². The van der Waals surface area contributed by atoms with Gasteiger partial charge in [-0.05, 0) is 42.5 Å². The summed E-state index contributed by atoms with van der Waals surface area (Å²) >= 11 is 0. The zero-order valence-corrected chi connectivity index (χ0v) is 16.8. The molecule has 0 aliphatic heterocycles. The van der Waals surface area contributed by atoms with Crippen molar-refractivity contribution < 1.29 is 9.59 Å². The lowest BCUT2D eigenvalue weighted by molar-refractivity contribution is 0.0892. The van der Waals surface area contributed by atoms with Gasteiger partial charge >= 0.3 is 0 Å². The summed E-state index contributed by atoms with van der Waals surface area (Å²) in [5.74, 6) is -0.291. The molecule has 0 atom stereocenters. The average Bonchev–Trinajstić information content (AvgIpc) is 2.57. The zero-order valence-electron chi connectivity index (χ0n) is 15.9. The molecule has 142 valence electrons. The number of hydrogen-bond donors (Lipinski definition) is 3. The number of rotatable bonds is 7. The Morgan fingerprint density at radius 2 is 1.40 bits per heavy atom. The van der Waals surface area contributed by atoms with Gasteiger partial charge in [-0.25, -0.2) is 0 Å². The molecule has 6 heteroatoms. The van der Waals surface area contributed by atoms with Crippen LogP contribution in [0.3, 0.4) is 0 Å². The first-order valence-electron chi connectivity index (χ1n) is 8.57. The van der Waals surface area contributed by atoms with Gasteiger partial charge in [0.25, 0.3) is 11.8 Å². The van der Waals surface area contributed by atoms with Crippen molar-refractivity contribution in [2.75, 3.05) is 13.1 Å². The molecule has 0 unspecified atom stereocenters. The standard InChI is InChI=1S/C19H31N3O2.ClH/c1-6-19(7-2,12-20)22-17(24)15-10-8-14(9-11-15)16(23)21-13-18(3,4)5;/h8-11H,6-7,12-13,20H2,1-5H3,(H,21,23)(H,22,24);1H. The van der Waals surface area contributed by atoms with E-state index in [-0.39, 0.29) is 35.2 Å². The number of amides is 2. The molecule has 0 aromatic heterocycles. The van der Waals surface area contributed by atoms with Crippen molar-refractivity contribution in [1.29, 1.82) is 0 Å². The number of carbonyl (C=O) groups excluding carboxylic acids is 2. The highest BCUT2D eigenvalue weighted by Gasteiger charge is 2.26. The predicted molar refractivity (Wildman–Crippen MR) is 105 cm³/mol. The molecular formula is C19H32ClN3O2. The summed E-state index contributed by atoms with van der Waals surface area (Å²) in [6, 6.07) is 6.70. The first kappa shape index (κ1) is 23.4. The van der Waals surface area contributed by atoms with Crippen LogP contribution in [0, 0.1) is 5.41 Å². The van der Waals surface area contributed by atoms with E-state index < -0.39 is 0 Å². The van der Waals surface area contributed by atoms with E-state index in [1.54, 1.807) is 24.3 Å². The van der Waals surface area contributed by atoms with E-state index in [2.05, 4.69) is 31.4 Å². The Morgan fingerprint density at radius 3 is 1.76 bits per heavy atom. The second-order valence-electron chi connectivity index (χ2n) is 7.47. The quantitative estimate of drug-likeness (QED) is 0.690. The van der Waals surface area contributed by atoms with Gasteiger partial charge in [0.1, 0.15) is 0 Å². The van der Waals surface area contributed by atoms with Crippen molar-refractivity contribution in [3.05, 3.63) is 35.4 Å². The first-order valence-corrected chi connectivity index (χ1v) is 8.57. The molecule has 0 fully saturated rings. The third-order valence-electron chi connectivity index (χ3n) is 4.31. The highest BCUT2D eigenvalue weighted by Crippen LogP contribution is 2.15. The molecule has 0 spiro atoms.